The van der Waals surface area contributed by atoms with Gasteiger partial charge in [0.25, 0.3) is 5.91 Å². The minimum absolute atomic E-state index is 0.0408. The molecule has 26 heavy (non-hydrogen) atoms. The number of fused-ring (bicyclic) bond motifs is 1. The van der Waals surface area contributed by atoms with Gasteiger partial charge in [-0.15, -0.1) is 0 Å². The van der Waals surface area contributed by atoms with Gasteiger partial charge in [-0.2, -0.15) is 0 Å². The summed E-state index contributed by atoms with van der Waals surface area (Å²) < 4.78 is 0. The van der Waals surface area contributed by atoms with Crippen molar-refractivity contribution < 1.29 is 15.0 Å². The van der Waals surface area contributed by atoms with E-state index in [1.807, 2.05) is 35.2 Å². The Morgan fingerprint density at radius 1 is 1.12 bits per heavy atom. The highest BCUT2D eigenvalue weighted by Crippen LogP contribution is 2.24. The van der Waals surface area contributed by atoms with Crippen molar-refractivity contribution in [3.8, 4) is 11.4 Å². The Labute approximate surface area is 151 Å². The van der Waals surface area contributed by atoms with E-state index in [0.29, 0.717) is 36.5 Å². The van der Waals surface area contributed by atoms with Crippen LogP contribution in [0.2, 0.25) is 0 Å². The number of rotatable bonds is 8. The van der Waals surface area contributed by atoms with Crippen LogP contribution in [0.4, 0.5) is 0 Å². The predicted molar refractivity (Wildman–Crippen MR) is 99.5 cm³/mol. The monoisotopic (exact) mass is 354 g/mol. The lowest BCUT2D eigenvalue weighted by molar-refractivity contribution is 0.100. The number of nitrogens with two attached hydrogens (primary N) is 1. The van der Waals surface area contributed by atoms with Crippen molar-refractivity contribution in [1.82, 2.24) is 14.9 Å². The summed E-state index contributed by atoms with van der Waals surface area (Å²) in [6.07, 6.45) is 0. The van der Waals surface area contributed by atoms with Gasteiger partial charge in [-0.05, 0) is 23.8 Å². The van der Waals surface area contributed by atoms with E-state index in [4.69, 9.17) is 15.9 Å². The molecule has 1 amide bonds. The van der Waals surface area contributed by atoms with Crippen LogP contribution < -0.4 is 5.73 Å². The summed E-state index contributed by atoms with van der Waals surface area (Å²) in [5, 5.41) is 18.3. The van der Waals surface area contributed by atoms with Crippen LogP contribution in [0.3, 0.4) is 0 Å². The minimum Gasteiger partial charge on any atom is -0.395 e. The number of aromatic nitrogens is 2. The standard InChI is InChI=1S/C19H22N4O3/c20-18(26)15-5-2-6-16-17(15)22-19(21-16)14-4-1-3-13(11-14)12-23(7-9-24)8-10-25/h1-6,11,24-25H,7-10,12H2,(H2,20,26)(H,21,22). The molecule has 7 nitrogen and oxygen atoms in total. The first-order valence-electron chi connectivity index (χ1n) is 8.44. The molecule has 136 valence electrons. The third-order valence-corrected chi connectivity index (χ3v) is 4.22. The molecule has 0 saturated carbocycles. The van der Waals surface area contributed by atoms with Crippen LogP contribution in [-0.2, 0) is 6.54 Å². The molecule has 0 fully saturated rings. The summed E-state index contributed by atoms with van der Waals surface area (Å²) >= 11 is 0. The summed E-state index contributed by atoms with van der Waals surface area (Å²) in [6.45, 7) is 1.69. The number of aliphatic hydroxyl groups is 2. The number of hydrogen-bond acceptors (Lipinski definition) is 5. The molecule has 0 aliphatic heterocycles. The van der Waals surface area contributed by atoms with Gasteiger partial charge in [0.05, 0.1) is 24.3 Å². The van der Waals surface area contributed by atoms with Gasteiger partial charge < -0.3 is 20.9 Å². The van der Waals surface area contributed by atoms with Gasteiger partial charge in [0.2, 0.25) is 0 Å². The Balaban J connectivity index is 1.91. The lowest BCUT2D eigenvalue weighted by atomic mass is 10.1. The minimum atomic E-state index is -0.508. The zero-order chi connectivity index (χ0) is 18.5. The van der Waals surface area contributed by atoms with E-state index in [-0.39, 0.29) is 13.2 Å². The van der Waals surface area contributed by atoms with Crippen LogP contribution in [0.15, 0.2) is 42.5 Å². The van der Waals surface area contributed by atoms with Crippen molar-refractivity contribution in [2.24, 2.45) is 5.73 Å². The molecule has 0 saturated heterocycles. The molecule has 3 rings (SSSR count). The van der Waals surface area contributed by atoms with Crippen molar-refractivity contribution in [3.05, 3.63) is 53.6 Å². The van der Waals surface area contributed by atoms with Gasteiger partial charge >= 0.3 is 0 Å². The molecule has 3 aromatic rings. The van der Waals surface area contributed by atoms with Crippen molar-refractivity contribution in [2.75, 3.05) is 26.3 Å². The van der Waals surface area contributed by atoms with E-state index < -0.39 is 5.91 Å². The Morgan fingerprint density at radius 3 is 2.54 bits per heavy atom. The molecule has 0 bridgehead atoms. The highest BCUT2D eigenvalue weighted by molar-refractivity contribution is 6.04. The van der Waals surface area contributed by atoms with E-state index >= 15 is 0 Å². The third kappa shape index (κ3) is 3.91. The summed E-state index contributed by atoms with van der Waals surface area (Å²) in [5.74, 6) is 0.150. The highest BCUT2D eigenvalue weighted by atomic mass is 16.3. The first-order valence-corrected chi connectivity index (χ1v) is 8.44. The number of hydrogen-bond donors (Lipinski definition) is 4. The molecule has 0 radical (unpaired) electrons. The number of carbonyl (C=O) groups excluding carboxylic acids is 1. The fourth-order valence-electron chi connectivity index (χ4n) is 3.00. The molecule has 1 heterocycles. The van der Waals surface area contributed by atoms with Gasteiger partial charge in [-0.25, -0.2) is 4.98 Å². The molecule has 0 spiro atoms. The van der Waals surface area contributed by atoms with Gasteiger partial charge in [0.1, 0.15) is 11.3 Å². The van der Waals surface area contributed by atoms with Crippen LogP contribution in [0, 0.1) is 0 Å². The van der Waals surface area contributed by atoms with Crippen LogP contribution in [0.25, 0.3) is 22.4 Å². The van der Waals surface area contributed by atoms with E-state index in [1.165, 1.54) is 0 Å². The SMILES string of the molecule is NC(=O)c1cccc2[nH]c(-c3cccc(CN(CCO)CCO)c3)nc12. The van der Waals surface area contributed by atoms with Crippen LogP contribution >= 0.6 is 0 Å². The maximum Gasteiger partial charge on any atom is 0.250 e. The molecule has 0 atom stereocenters. The lowest BCUT2D eigenvalue weighted by Gasteiger charge is -2.20. The number of aromatic amines is 1. The number of carbonyl (C=O) groups is 1. The van der Waals surface area contributed by atoms with Crippen molar-refractivity contribution >= 4 is 16.9 Å². The molecular weight excluding hydrogens is 332 g/mol. The first-order chi connectivity index (χ1) is 12.6. The second-order valence-electron chi connectivity index (χ2n) is 6.08. The Morgan fingerprint density at radius 2 is 1.85 bits per heavy atom. The highest BCUT2D eigenvalue weighted by Gasteiger charge is 2.13. The maximum absolute atomic E-state index is 11.6. The Bertz CT molecular complexity index is 901. The predicted octanol–water partition coefficient (Wildman–Crippen LogP) is 1.12. The second-order valence-corrected chi connectivity index (χ2v) is 6.08. The van der Waals surface area contributed by atoms with Crippen molar-refractivity contribution in [1.29, 1.82) is 0 Å². The number of para-hydroxylation sites is 1. The van der Waals surface area contributed by atoms with E-state index in [2.05, 4.69) is 9.97 Å². The second kappa shape index (κ2) is 8.09. The number of primary amides is 1. The molecule has 2 aromatic carbocycles. The summed E-state index contributed by atoms with van der Waals surface area (Å²) in [6, 6.07) is 13.1. The zero-order valence-electron chi connectivity index (χ0n) is 14.4. The average Bonchev–Trinajstić information content (AvgIpc) is 3.06. The van der Waals surface area contributed by atoms with Crippen molar-refractivity contribution in [3.63, 3.8) is 0 Å². The van der Waals surface area contributed by atoms with Crippen LogP contribution in [0.5, 0.6) is 0 Å². The Hall–Kier alpha value is -2.74. The molecule has 0 aliphatic rings. The van der Waals surface area contributed by atoms with Gasteiger partial charge in [-0.1, -0.05) is 24.3 Å². The van der Waals surface area contributed by atoms with E-state index in [0.717, 1.165) is 16.6 Å². The smallest absolute Gasteiger partial charge is 0.250 e. The number of aliphatic hydroxyl groups excluding tert-OH is 2. The Kier molecular flexibility index (Phi) is 5.62. The van der Waals surface area contributed by atoms with E-state index in [1.54, 1.807) is 12.1 Å². The normalized spacial score (nSPS) is 11.3. The first kappa shape index (κ1) is 18.1. The van der Waals surface area contributed by atoms with Crippen LogP contribution in [0.1, 0.15) is 15.9 Å². The molecule has 5 N–H and O–H groups in total. The number of nitrogens with zero attached hydrogens (tertiary/aromatic N) is 2. The molecule has 0 aliphatic carbocycles. The summed E-state index contributed by atoms with van der Waals surface area (Å²) in [5.41, 5.74) is 9.06. The molecule has 0 unspecified atom stereocenters. The largest absolute Gasteiger partial charge is 0.395 e. The van der Waals surface area contributed by atoms with E-state index in [9.17, 15) is 4.79 Å². The fraction of sp³-hybridized carbons (Fsp3) is 0.263. The lowest BCUT2D eigenvalue weighted by Crippen LogP contribution is -2.29. The van der Waals surface area contributed by atoms with Gasteiger partial charge in [0.15, 0.2) is 0 Å². The average molecular weight is 354 g/mol. The summed E-state index contributed by atoms with van der Waals surface area (Å²) in [4.78, 5) is 21.3. The number of benzene rings is 2. The third-order valence-electron chi connectivity index (χ3n) is 4.22. The number of H-pyrrole nitrogens is 1. The fourth-order valence-corrected chi connectivity index (χ4v) is 3.00. The summed E-state index contributed by atoms with van der Waals surface area (Å²) in [7, 11) is 0. The van der Waals surface area contributed by atoms with Crippen LogP contribution in [-0.4, -0.2) is 57.3 Å². The number of imidazole rings is 1. The number of amides is 1. The van der Waals surface area contributed by atoms with Gasteiger partial charge in [0, 0.05) is 25.2 Å². The topological polar surface area (TPSA) is 115 Å². The zero-order valence-corrected chi connectivity index (χ0v) is 14.4. The van der Waals surface area contributed by atoms with Gasteiger partial charge in [-0.3, -0.25) is 9.69 Å². The molecular formula is C19H22N4O3. The van der Waals surface area contributed by atoms with Crippen molar-refractivity contribution in [2.45, 2.75) is 6.54 Å². The molecule has 1 aromatic heterocycles. The number of nitrogens with one attached hydrogen (secondary N) is 1. The quantitative estimate of drug-likeness (QED) is 0.484. The maximum atomic E-state index is 11.6. The molecule has 7 heteroatoms.